The predicted octanol–water partition coefficient (Wildman–Crippen LogP) is 3.39. The van der Waals surface area contributed by atoms with Crippen molar-refractivity contribution in [3.05, 3.63) is 29.5 Å². The van der Waals surface area contributed by atoms with Crippen LogP contribution in [0.3, 0.4) is 0 Å². The maximum Gasteiger partial charge on any atom is 0.257 e. The third-order valence-corrected chi connectivity index (χ3v) is 6.16. The van der Waals surface area contributed by atoms with Crippen LogP contribution in [0.25, 0.3) is 0 Å². The number of carbonyl (C=O) groups excluding carboxylic acids is 1. The Balaban J connectivity index is 1.91. The molecule has 1 saturated heterocycles. The van der Waals surface area contributed by atoms with Gasteiger partial charge in [0, 0.05) is 18.0 Å². The fraction of sp³-hybridized carbons (Fsp3) is 0.333. The number of morpholine rings is 1. The number of nitrogen functional groups attached to an aromatic ring is 1. The van der Waals surface area contributed by atoms with Gasteiger partial charge in [-0.1, -0.05) is 23.1 Å². The van der Waals surface area contributed by atoms with Crippen molar-refractivity contribution in [2.75, 3.05) is 32.0 Å². The molecule has 9 heteroatoms. The number of thiazole rings is 1. The molecule has 3 rings (SSSR count). The van der Waals surface area contributed by atoms with Crippen LogP contribution in [0.4, 0.5) is 5.13 Å². The number of hydrogen-bond donors (Lipinski definition) is 1. The van der Waals surface area contributed by atoms with Gasteiger partial charge < -0.3 is 18.4 Å². The highest BCUT2D eigenvalue weighted by molar-refractivity contribution is 14.1. The van der Waals surface area contributed by atoms with Crippen molar-refractivity contribution in [2.45, 2.75) is 16.0 Å². The molecule has 2 N–H and O–H groups in total. The molecule has 24 heavy (non-hydrogen) atoms. The highest BCUT2D eigenvalue weighted by Crippen LogP contribution is 2.38. The molecule has 0 unspecified atom stereocenters. The summed E-state index contributed by atoms with van der Waals surface area (Å²) >= 11 is 4.80. The Morgan fingerprint density at radius 3 is 2.83 bits per heavy atom. The molecular formula is C15H16IN3O3S2. The molecule has 1 aliphatic rings. The minimum atomic E-state index is -0.0318. The van der Waals surface area contributed by atoms with Crippen molar-refractivity contribution in [2.24, 2.45) is 0 Å². The lowest BCUT2D eigenvalue weighted by Gasteiger charge is -2.27. The van der Waals surface area contributed by atoms with Crippen molar-refractivity contribution in [3.8, 4) is 5.75 Å². The molecule has 2 heterocycles. The molecule has 1 amide bonds. The van der Waals surface area contributed by atoms with Crippen molar-refractivity contribution in [1.82, 2.24) is 9.88 Å². The smallest absolute Gasteiger partial charge is 0.257 e. The van der Waals surface area contributed by atoms with Crippen LogP contribution in [-0.2, 0) is 4.74 Å². The standard InChI is InChI=1S/C15H16IN3O3S2/c1-9-6-11(22-16)10(14(20)19-2-4-21-5-3-19)7-12(9)23-13-8-18-15(17)24-13/h6-8H,2-5H2,1H3,(H2,17,18). The Bertz CT molecular complexity index is 748. The molecule has 1 fully saturated rings. The van der Waals surface area contributed by atoms with Crippen LogP contribution >= 0.6 is 46.1 Å². The van der Waals surface area contributed by atoms with Gasteiger partial charge in [0.15, 0.2) is 28.1 Å². The lowest BCUT2D eigenvalue weighted by Crippen LogP contribution is -2.40. The number of aryl methyl sites for hydroxylation is 1. The third kappa shape index (κ3) is 3.95. The van der Waals surface area contributed by atoms with Crippen LogP contribution in [0.2, 0.25) is 0 Å². The summed E-state index contributed by atoms with van der Waals surface area (Å²) in [5, 5.41) is 0.534. The van der Waals surface area contributed by atoms with E-state index in [2.05, 4.69) is 4.98 Å². The molecule has 2 aromatic rings. The van der Waals surface area contributed by atoms with E-state index in [1.165, 1.54) is 11.3 Å². The summed E-state index contributed by atoms with van der Waals surface area (Å²) in [6.45, 7) is 4.33. The highest BCUT2D eigenvalue weighted by Gasteiger charge is 2.23. The van der Waals surface area contributed by atoms with Gasteiger partial charge in [0.05, 0.1) is 29.2 Å². The fourth-order valence-corrected chi connectivity index (χ4v) is 4.56. The van der Waals surface area contributed by atoms with Gasteiger partial charge in [-0.15, -0.1) is 0 Å². The molecule has 0 atom stereocenters. The molecule has 1 aromatic heterocycles. The third-order valence-electron chi connectivity index (χ3n) is 3.60. The van der Waals surface area contributed by atoms with E-state index in [1.807, 2.05) is 42.1 Å². The average Bonchev–Trinajstić information content (AvgIpc) is 3.01. The first kappa shape index (κ1) is 17.8. The largest absolute Gasteiger partial charge is 0.427 e. The molecule has 1 aromatic carbocycles. The number of carbonyl (C=O) groups is 1. The Morgan fingerprint density at radius 2 is 2.21 bits per heavy atom. The van der Waals surface area contributed by atoms with E-state index in [-0.39, 0.29) is 5.91 Å². The molecule has 128 valence electrons. The van der Waals surface area contributed by atoms with Crippen LogP contribution in [0.5, 0.6) is 5.75 Å². The van der Waals surface area contributed by atoms with E-state index >= 15 is 0 Å². The summed E-state index contributed by atoms with van der Waals surface area (Å²) in [4.78, 5) is 19.7. The zero-order valence-electron chi connectivity index (χ0n) is 13.0. The van der Waals surface area contributed by atoms with E-state index in [1.54, 1.807) is 22.9 Å². The van der Waals surface area contributed by atoms with Gasteiger partial charge in [-0.2, -0.15) is 0 Å². The van der Waals surface area contributed by atoms with E-state index < -0.39 is 0 Å². The maximum atomic E-state index is 12.8. The first-order valence-electron chi connectivity index (χ1n) is 7.28. The topological polar surface area (TPSA) is 77.7 Å². The molecular weight excluding hydrogens is 461 g/mol. The summed E-state index contributed by atoms with van der Waals surface area (Å²) in [7, 11) is 0. The number of anilines is 1. The number of nitrogens with two attached hydrogens (primary N) is 1. The quantitative estimate of drug-likeness (QED) is 0.681. The zero-order chi connectivity index (χ0) is 17.1. The molecule has 0 spiro atoms. The lowest BCUT2D eigenvalue weighted by atomic mass is 10.1. The second-order valence-electron chi connectivity index (χ2n) is 5.22. The number of halogens is 1. The van der Waals surface area contributed by atoms with Crippen molar-refractivity contribution in [3.63, 3.8) is 0 Å². The minimum Gasteiger partial charge on any atom is -0.427 e. The van der Waals surface area contributed by atoms with Crippen molar-refractivity contribution < 1.29 is 12.6 Å². The van der Waals surface area contributed by atoms with Gasteiger partial charge in [0.1, 0.15) is 5.75 Å². The van der Waals surface area contributed by atoms with Crippen LogP contribution in [0, 0.1) is 6.92 Å². The summed E-state index contributed by atoms with van der Waals surface area (Å²) in [5.41, 5.74) is 7.30. The number of nitrogens with zero attached hydrogens (tertiary/aromatic N) is 2. The number of hydrogen-bond acceptors (Lipinski definition) is 7. The molecule has 0 aliphatic carbocycles. The molecule has 0 radical (unpaired) electrons. The van der Waals surface area contributed by atoms with Crippen LogP contribution in [0.15, 0.2) is 27.4 Å². The van der Waals surface area contributed by atoms with Gasteiger partial charge in [0.25, 0.3) is 5.91 Å². The first-order chi connectivity index (χ1) is 11.6. The SMILES string of the molecule is Cc1cc(OI)c(C(=O)N2CCOCC2)cc1Sc1cnc(N)s1. The van der Waals surface area contributed by atoms with Crippen molar-refractivity contribution in [1.29, 1.82) is 0 Å². The monoisotopic (exact) mass is 477 g/mol. The zero-order valence-corrected chi connectivity index (χ0v) is 16.7. The number of amides is 1. The van der Waals surface area contributed by atoms with E-state index in [0.29, 0.717) is 42.7 Å². The highest BCUT2D eigenvalue weighted by atomic mass is 127. The van der Waals surface area contributed by atoms with Crippen LogP contribution in [0.1, 0.15) is 15.9 Å². The number of aromatic nitrogens is 1. The predicted molar refractivity (Wildman–Crippen MR) is 103 cm³/mol. The normalized spacial score (nSPS) is 14.7. The molecule has 6 nitrogen and oxygen atoms in total. The maximum absolute atomic E-state index is 12.8. The van der Waals surface area contributed by atoms with Crippen LogP contribution < -0.4 is 8.80 Å². The van der Waals surface area contributed by atoms with E-state index in [0.717, 1.165) is 14.7 Å². The summed E-state index contributed by atoms with van der Waals surface area (Å²) in [5.74, 6) is 0.549. The first-order valence-corrected chi connectivity index (χ1v) is 9.79. The fourth-order valence-electron chi connectivity index (χ4n) is 2.37. The summed E-state index contributed by atoms with van der Waals surface area (Å²) in [6, 6.07) is 3.79. The van der Waals surface area contributed by atoms with Gasteiger partial charge in [-0.05, 0) is 24.6 Å². The Labute approximate surface area is 162 Å². The van der Waals surface area contributed by atoms with E-state index in [4.69, 9.17) is 13.5 Å². The van der Waals surface area contributed by atoms with Gasteiger partial charge in [0.2, 0.25) is 0 Å². The molecule has 1 aliphatic heterocycles. The second-order valence-corrected chi connectivity index (χ2v) is 8.06. The second kappa shape index (κ2) is 7.89. The Kier molecular flexibility index (Phi) is 5.85. The lowest BCUT2D eigenvalue weighted by molar-refractivity contribution is 0.0302. The summed E-state index contributed by atoms with van der Waals surface area (Å²) in [6.07, 6.45) is 1.75. The number of ether oxygens (including phenoxy) is 1. The Morgan fingerprint density at radius 1 is 1.46 bits per heavy atom. The van der Waals surface area contributed by atoms with Crippen LogP contribution in [-0.4, -0.2) is 42.1 Å². The Hall–Kier alpha value is -1.04. The van der Waals surface area contributed by atoms with E-state index in [9.17, 15) is 4.79 Å². The van der Waals surface area contributed by atoms with Gasteiger partial charge in [-0.25, -0.2) is 4.98 Å². The number of rotatable bonds is 4. The van der Waals surface area contributed by atoms with Crippen molar-refractivity contribution >= 4 is 57.1 Å². The average molecular weight is 477 g/mol. The van der Waals surface area contributed by atoms with Gasteiger partial charge >= 0.3 is 0 Å². The van der Waals surface area contributed by atoms with Gasteiger partial charge in [-0.3, -0.25) is 4.79 Å². The summed E-state index contributed by atoms with van der Waals surface area (Å²) < 4.78 is 11.7. The minimum absolute atomic E-state index is 0.0318. The molecule has 0 bridgehead atoms. The number of benzene rings is 1. The molecule has 0 saturated carbocycles.